The van der Waals surface area contributed by atoms with Gasteiger partial charge in [-0.25, -0.2) is 0 Å². The molecule has 0 rings (SSSR count). The van der Waals surface area contributed by atoms with Crippen molar-refractivity contribution in [3.8, 4) is 0 Å². The smallest absolute Gasteiger partial charge is 0.303 e. The van der Waals surface area contributed by atoms with Crippen LogP contribution in [0.5, 0.6) is 0 Å². The fourth-order valence-corrected chi connectivity index (χ4v) is 2.09. The normalized spacial score (nSPS) is 15.2. The first-order chi connectivity index (χ1) is 12.6. The van der Waals surface area contributed by atoms with Crippen molar-refractivity contribution in [1.29, 1.82) is 0 Å². The Bertz CT molecular complexity index is 486. The van der Waals surface area contributed by atoms with E-state index < -0.39 is 18.2 Å². The summed E-state index contributed by atoms with van der Waals surface area (Å²) < 4.78 is 0. The van der Waals surface area contributed by atoms with Gasteiger partial charge in [-0.15, -0.1) is 0 Å². The molecule has 0 aliphatic heterocycles. The lowest BCUT2D eigenvalue weighted by Gasteiger charge is -2.14. The molecule has 0 unspecified atom stereocenters. The molecule has 0 aliphatic carbocycles. The lowest BCUT2D eigenvalue weighted by molar-refractivity contribution is -0.136. The van der Waals surface area contributed by atoms with Crippen LogP contribution in [0.1, 0.15) is 58.3 Å². The van der Waals surface area contributed by atoms with E-state index in [9.17, 15) is 15.0 Å². The quantitative estimate of drug-likeness (QED) is 0.369. The Morgan fingerprint density at radius 1 is 0.731 bits per heavy atom. The first-order valence-electron chi connectivity index (χ1n) is 9.40. The number of aliphatic carboxylic acids is 1. The largest absolute Gasteiger partial charge is 0.481 e. The number of hydrogen-bond donors (Lipinski definition) is 3. The Morgan fingerprint density at radius 2 is 1.15 bits per heavy atom. The van der Waals surface area contributed by atoms with Gasteiger partial charge in [-0.05, 0) is 44.9 Å². The van der Waals surface area contributed by atoms with Crippen LogP contribution < -0.4 is 0 Å². The predicted molar refractivity (Wildman–Crippen MR) is 108 cm³/mol. The molecule has 4 nitrogen and oxygen atoms in total. The van der Waals surface area contributed by atoms with Crippen molar-refractivity contribution < 1.29 is 20.1 Å². The number of carboxylic acids is 1. The van der Waals surface area contributed by atoms with Gasteiger partial charge in [0.2, 0.25) is 0 Å². The van der Waals surface area contributed by atoms with Crippen LogP contribution in [-0.2, 0) is 4.79 Å². The second kappa shape index (κ2) is 17.9. The van der Waals surface area contributed by atoms with E-state index in [0.29, 0.717) is 19.3 Å². The lowest BCUT2D eigenvalue weighted by Crippen LogP contribution is -2.24. The van der Waals surface area contributed by atoms with E-state index >= 15 is 0 Å². The molecule has 0 spiro atoms. The molecule has 0 heterocycles. The molecule has 0 bridgehead atoms. The number of allylic oxidation sites excluding steroid dienone is 8. The van der Waals surface area contributed by atoms with Crippen LogP contribution in [0.4, 0.5) is 0 Å². The summed E-state index contributed by atoms with van der Waals surface area (Å²) in [6.45, 7) is 2.04. The van der Waals surface area contributed by atoms with Crippen molar-refractivity contribution in [2.75, 3.05) is 0 Å². The fraction of sp³-hybridized carbons (Fsp3) is 0.500. The SMILES string of the molecule is CC/C=C\C[C@@H](O)[C@H](O)C/C=C\C/C=C\C/C=C\C/C=C\CCC(=O)O. The highest BCUT2D eigenvalue weighted by atomic mass is 16.4. The van der Waals surface area contributed by atoms with Gasteiger partial charge in [-0.2, -0.15) is 0 Å². The highest BCUT2D eigenvalue weighted by Crippen LogP contribution is 2.06. The van der Waals surface area contributed by atoms with Gasteiger partial charge in [0, 0.05) is 6.42 Å². The van der Waals surface area contributed by atoms with Gasteiger partial charge in [-0.1, -0.05) is 67.7 Å². The van der Waals surface area contributed by atoms with Gasteiger partial charge >= 0.3 is 5.97 Å². The van der Waals surface area contributed by atoms with Crippen LogP contribution in [0.25, 0.3) is 0 Å². The topological polar surface area (TPSA) is 77.8 Å². The van der Waals surface area contributed by atoms with Gasteiger partial charge < -0.3 is 15.3 Å². The van der Waals surface area contributed by atoms with Gasteiger partial charge in [0.1, 0.15) is 0 Å². The van der Waals surface area contributed by atoms with Crippen molar-refractivity contribution in [1.82, 2.24) is 0 Å². The molecule has 0 aliphatic rings. The van der Waals surface area contributed by atoms with Crippen molar-refractivity contribution in [3.05, 3.63) is 60.8 Å². The molecule has 0 aromatic heterocycles. The average Bonchev–Trinajstić information content (AvgIpc) is 2.61. The van der Waals surface area contributed by atoms with Crippen LogP contribution in [0.3, 0.4) is 0 Å². The summed E-state index contributed by atoms with van der Waals surface area (Å²) >= 11 is 0. The highest BCUT2D eigenvalue weighted by Gasteiger charge is 2.12. The van der Waals surface area contributed by atoms with E-state index in [0.717, 1.165) is 25.7 Å². The summed E-state index contributed by atoms with van der Waals surface area (Å²) in [7, 11) is 0. The van der Waals surface area contributed by atoms with Gasteiger partial charge in [0.25, 0.3) is 0 Å². The second-order valence-electron chi connectivity index (χ2n) is 6.01. The standard InChI is InChI=1S/C22H34O4/c1-2-3-14-17-20(23)21(24)18-15-12-10-8-6-4-5-7-9-11-13-16-19-22(25)26/h3,5-8,11-15,20-21,23-24H,2,4,9-10,16-19H2,1H3,(H,25,26)/b7-5-,8-6-,13-11-,14-3-,15-12-/t20-,21-/m1/s1. The predicted octanol–water partition coefficient (Wildman–Crippen LogP) is 4.71. The summed E-state index contributed by atoms with van der Waals surface area (Å²) in [6, 6.07) is 0. The molecule has 3 N–H and O–H groups in total. The number of aliphatic hydroxyl groups is 2. The van der Waals surface area contributed by atoms with Gasteiger partial charge in [0.15, 0.2) is 0 Å². The summed E-state index contributed by atoms with van der Waals surface area (Å²) in [5.41, 5.74) is 0. The molecule has 146 valence electrons. The summed E-state index contributed by atoms with van der Waals surface area (Å²) in [5.74, 6) is -0.765. The minimum Gasteiger partial charge on any atom is -0.481 e. The van der Waals surface area contributed by atoms with E-state index in [-0.39, 0.29) is 6.42 Å². The summed E-state index contributed by atoms with van der Waals surface area (Å²) in [6.07, 6.45) is 23.6. The summed E-state index contributed by atoms with van der Waals surface area (Å²) in [4.78, 5) is 10.3. The molecule has 4 heteroatoms. The molecule has 0 radical (unpaired) electrons. The molecule has 0 fully saturated rings. The monoisotopic (exact) mass is 362 g/mol. The molecule has 0 aromatic rings. The third kappa shape index (κ3) is 16.9. The van der Waals surface area contributed by atoms with Crippen LogP contribution in [-0.4, -0.2) is 33.5 Å². The maximum absolute atomic E-state index is 10.3. The number of rotatable bonds is 15. The zero-order valence-electron chi connectivity index (χ0n) is 15.8. The zero-order valence-corrected chi connectivity index (χ0v) is 15.8. The molecule has 0 saturated carbocycles. The Kier molecular flexibility index (Phi) is 16.6. The van der Waals surface area contributed by atoms with Crippen molar-refractivity contribution in [3.63, 3.8) is 0 Å². The lowest BCUT2D eigenvalue weighted by atomic mass is 10.1. The van der Waals surface area contributed by atoms with Crippen molar-refractivity contribution in [2.24, 2.45) is 0 Å². The molecule has 0 amide bonds. The summed E-state index contributed by atoms with van der Waals surface area (Å²) in [5, 5.41) is 28.1. The van der Waals surface area contributed by atoms with Crippen LogP contribution >= 0.6 is 0 Å². The number of carboxylic acid groups (broad SMARTS) is 1. The van der Waals surface area contributed by atoms with Gasteiger partial charge in [0.05, 0.1) is 12.2 Å². The molecular formula is C22H34O4. The Morgan fingerprint density at radius 3 is 1.62 bits per heavy atom. The minimum atomic E-state index is -0.765. The molecule has 0 aromatic carbocycles. The minimum absolute atomic E-state index is 0.183. The number of hydrogen-bond acceptors (Lipinski definition) is 3. The van der Waals surface area contributed by atoms with E-state index in [2.05, 4.69) is 24.3 Å². The van der Waals surface area contributed by atoms with Crippen molar-refractivity contribution in [2.45, 2.75) is 70.5 Å². The molecule has 26 heavy (non-hydrogen) atoms. The van der Waals surface area contributed by atoms with Gasteiger partial charge in [-0.3, -0.25) is 4.79 Å². The van der Waals surface area contributed by atoms with E-state index in [1.807, 2.05) is 43.4 Å². The zero-order chi connectivity index (χ0) is 19.5. The fourth-order valence-electron chi connectivity index (χ4n) is 2.09. The Labute approximate surface area is 157 Å². The third-order valence-electron chi connectivity index (χ3n) is 3.61. The van der Waals surface area contributed by atoms with Crippen LogP contribution in [0.15, 0.2) is 60.8 Å². The maximum Gasteiger partial charge on any atom is 0.303 e. The number of aliphatic hydroxyl groups excluding tert-OH is 2. The second-order valence-corrected chi connectivity index (χ2v) is 6.01. The van der Waals surface area contributed by atoms with Crippen LogP contribution in [0, 0.1) is 0 Å². The first kappa shape index (κ1) is 24.1. The molecular weight excluding hydrogens is 328 g/mol. The molecule has 0 saturated heterocycles. The molecule has 2 atom stereocenters. The van der Waals surface area contributed by atoms with E-state index in [1.165, 1.54) is 0 Å². The van der Waals surface area contributed by atoms with Crippen LogP contribution in [0.2, 0.25) is 0 Å². The average molecular weight is 363 g/mol. The third-order valence-corrected chi connectivity index (χ3v) is 3.61. The number of carbonyl (C=O) groups is 1. The Hall–Kier alpha value is -1.91. The highest BCUT2D eigenvalue weighted by molar-refractivity contribution is 5.66. The van der Waals surface area contributed by atoms with Crippen molar-refractivity contribution >= 4 is 5.97 Å². The first-order valence-corrected chi connectivity index (χ1v) is 9.40. The van der Waals surface area contributed by atoms with E-state index in [1.54, 1.807) is 0 Å². The Balaban J connectivity index is 3.70. The van der Waals surface area contributed by atoms with E-state index in [4.69, 9.17) is 5.11 Å². The maximum atomic E-state index is 10.3.